The molecule has 2 rings (SSSR count). The summed E-state index contributed by atoms with van der Waals surface area (Å²) in [5.74, 6) is 0.339. The summed E-state index contributed by atoms with van der Waals surface area (Å²) in [4.78, 5) is 3.92. The lowest BCUT2D eigenvalue weighted by molar-refractivity contribution is 0.0706. The summed E-state index contributed by atoms with van der Waals surface area (Å²) in [6.07, 6.45) is -0.387. The van der Waals surface area contributed by atoms with Crippen molar-refractivity contribution in [1.82, 2.24) is 4.98 Å². The van der Waals surface area contributed by atoms with Crippen LogP contribution in [-0.2, 0) is 9.31 Å². The molecule has 2 aromatic rings. The van der Waals surface area contributed by atoms with Crippen LogP contribution >= 0.6 is 0 Å². The Kier molecular flexibility index (Phi) is 7.33. The fourth-order valence-electron chi connectivity index (χ4n) is 2.45. The first-order valence-corrected chi connectivity index (χ1v) is 9.08. The van der Waals surface area contributed by atoms with Crippen molar-refractivity contribution >= 4 is 12.6 Å². The van der Waals surface area contributed by atoms with Gasteiger partial charge in [0, 0.05) is 18.4 Å². The minimum Gasteiger partial charge on any atom is -0.439 e. The lowest BCUT2D eigenvalue weighted by atomic mass is 9.74. The van der Waals surface area contributed by atoms with Gasteiger partial charge in [-0.05, 0) is 69.4 Å². The molecule has 1 heterocycles. The molecule has 0 radical (unpaired) electrons. The molecule has 0 amide bonds. The number of aromatic nitrogens is 1. The SMILES string of the molecule is CCOB(OC(C)(C)CC)c1ccc(Oc2ncccc2C(F)F)cc1C. The van der Waals surface area contributed by atoms with E-state index in [4.69, 9.17) is 14.0 Å². The molecule has 1 aromatic heterocycles. The van der Waals surface area contributed by atoms with Crippen LogP contribution in [0.1, 0.15) is 51.7 Å². The van der Waals surface area contributed by atoms with Gasteiger partial charge in [0.1, 0.15) is 5.75 Å². The van der Waals surface area contributed by atoms with Crippen LogP contribution in [0, 0.1) is 6.92 Å². The van der Waals surface area contributed by atoms with Crippen LogP contribution in [0.15, 0.2) is 36.5 Å². The second-order valence-corrected chi connectivity index (χ2v) is 6.84. The highest BCUT2D eigenvalue weighted by Crippen LogP contribution is 2.30. The highest BCUT2D eigenvalue weighted by molar-refractivity contribution is 6.62. The van der Waals surface area contributed by atoms with Gasteiger partial charge in [-0.15, -0.1) is 0 Å². The molecule has 146 valence electrons. The molecule has 0 fully saturated rings. The number of benzene rings is 1. The Bertz CT molecular complexity index is 756. The molecule has 0 atom stereocenters. The highest BCUT2D eigenvalue weighted by atomic mass is 19.3. The standard InChI is InChI=1S/C20H26BF2NO3/c1-6-20(4,5)27-21(25-7-2)17-11-10-15(13-14(17)3)26-19-16(18(22)23)9-8-12-24-19/h8-13,18H,6-7H2,1-5H3. The maximum Gasteiger partial charge on any atom is 0.494 e. The Hall–Kier alpha value is -1.99. The molecule has 1 aromatic carbocycles. The number of pyridine rings is 1. The fourth-order valence-corrected chi connectivity index (χ4v) is 2.45. The van der Waals surface area contributed by atoms with E-state index in [-0.39, 0.29) is 17.0 Å². The molecule has 4 nitrogen and oxygen atoms in total. The van der Waals surface area contributed by atoms with Crippen LogP contribution in [0.3, 0.4) is 0 Å². The quantitative estimate of drug-likeness (QED) is 0.573. The molecule has 0 N–H and O–H groups in total. The monoisotopic (exact) mass is 377 g/mol. The molecule has 27 heavy (non-hydrogen) atoms. The average Bonchev–Trinajstić information content (AvgIpc) is 2.62. The molecule has 0 bridgehead atoms. The number of aryl methyl sites for hydroxylation is 1. The summed E-state index contributed by atoms with van der Waals surface area (Å²) < 4.78 is 43.7. The molecule has 0 saturated heterocycles. The van der Waals surface area contributed by atoms with Gasteiger partial charge in [-0.3, -0.25) is 0 Å². The summed E-state index contributed by atoms with van der Waals surface area (Å²) in [5, 5.41) is 0. The van der Waals surface area contributed by atoms with E-state index in [1.165, 1.54) is 18.3 Å². The van der Waals surface area contributed by atoms with Crippen LogP contribution in [0.2, 0.25) is 0 Å². The number of hydrogen-bond acceptors (Lipinski definition) is 4. The number of hydrogen-bond donors (Lipinski definition) is 0. The van der Waals surface area contributed by atoms with E-state index < -0.39 is 13.5 Å². The predicted molar refractivity (Wildman–Crippen MR) is 103 cm³/mol. The van der Waals surface area contributed by atoms with E-state index in [0.717, 1.165) is 17.4 Å². The van der Waals surface area contributed by atoms with Crippen molar-refractivity contribution in [3.05, 3.63) is 47.7 Å². The molecular formula is C20H26BF2NO3. The van der Waals surface area contributed by atoms with Gasteiger partial charge in [0.15, 0.2) is 0 Å². The molecular weight excluding hydrogens is 351 g/mol. The summed E-state index contributed by atoms with van der Waals surface area (Å²) in [6.45, 7) is 10.4. The first kappa shape index (κ1) is 21.3. The van der Waals surface area contributed by atoms with Gasteiger partial charge >= 0.3 is 7.12 Å². The molecule has 0 aliphatic rings. The van der Waals surface area contributed by atoms with Crippen LogP contribution in [-0.4, -0.2) is 24.3 Å². The maximum absolute atomic E-state index is 13.1. The minimum absolute atomic E-state index is 0.0932. The van der Waals surface area contributed by atoms with Crippen molar-refractivity contribution in [2.45, 2.75) is 53.1 Å². The molecule has 0 unspecified atom stereocenters. The van der Waals surface area contributed by atoms with Crippen molar-refractivity contribution < 1.29 is 22.8 Å². The second kappa shape index (κ2) is 9.28. The lowest BCUT2D eigenvalue weighted by Gasteiger charge is -2.28. The number of nitrogens with zero attached hydrogens (tertiary/aromatic N) is 1. The highest BCUT2D eigenvalue weighted by Gasteiger charge is 2.30. The number of alkyl halides is 2. The number of rotatable bonds is 9. The third kappa shape index (κ3) is 5.74. The average molecular weight is 377 g/mol. The van der Waals surface area contributed by atoms with Gasteiger partial charge in [0.25, 0.3) is 6.43 Å². The van der Waals surface area contributed by atoms with Crippen LogP contribution in [0.25, 0.3) is 0 Å². The lowest BCUT2D eigenvalue weighted by Crippen LogP contribution is -2.44. The maximum atomic E-state index is 13.1. The van der Waals surface area contributed by atoms with E-state index in [1.807, 2.05) is 33.8 Å². The summed E-state index contributed by atoms with van der Waals surface area (Å²) in [7, 11) is -0.509. The molecule has 0 spiro atoms. The summed E-state index contributed by atoms with van der Waals surface area (Å²) >= 11 is 0. The van der Waals surface area contributed by atoms with Crippen molar-refractivity contribution in [1.29, 1.82) is 0 Å². The largest absolute Gasteiger partial charge is 0.494 e. The van der Waals surface area contributed by atoms with Crippen LogP contribution in [0.4, 0.5) is 8.78 Å². The van der Waals surface area contributed by atoms with Gasteiger partial charge in [0.05, 0.1) is 5.56 Å². The molecule has 0 aliphatic heterocycles. The number of halogens is 2. The van der Waals surface area contributed by atoms with Gasteiger partial charge in [-0.2, -0.15) is 0 Å². The second-order valence-electron chi connectivity index (χ2n) is 6.84. The van der Waals surface area contributed by atoms with E-state index in [9.17, 15) is 8.78 Å². The van der Waals surface area contributed by atoms with Gasteiger partial charge in [-0.25, -0.2) is 13.8 Å². The minimum atomic E-state index is -2.65. The Morgan fingerprint density at radius 3 is 2.52 bits per heavy atom. The predicted octanol–water partition coefficient (Wildman–Crippen LogP) is 5.06. The van der Waals surface area contributed by atoms with Crippen molar-refractivity contribution in [3.63, 3.8) is 0 Å². The van der Waals surface area contributed by atoms with Gasteiger partial charge < -0.3 is 14.0 Å². The fraction of sp³-hybridized carbons (Fsp3) is 0.450. The normalized spacial score (nSPS) is 11.7. The topological polar surface area (TPSA) is 40.6 Å². The Balaban J connectivity index is 2.26. The Morgan fingerprint density at radius 2 is 1.93 bits per heavy atom. The van der Waals surface area contributed by atoms with Crippen molar-refractivity contribution in [2.24, 2.45) is 0 Å². The third-order valence-electron chi connectivity index (χ3n) is 4.34. The van der Waals surface area contributed by atoms with Gasteiger partial charge in [-0.1, -0.05) is 13.0 Å². The zero-order valence-corrected chi connectivity index (χ0v) is 16.5. The van der Waals surface area contributed by atoms with E-state index in [2.05, 4.69) is 11.9 Å². The zero-order valence-electron chi connectivity index (χ0n) is 16.5. The summed E-state index contributed by atoms with van der Waals surface area (Å²) in [6, 6.07) is 8.08. The van der Waals surface area contributed by atoms with E-state index >= 15 is 0 Å². The first-order chi connectivity index (χ1) is 12.8. The van der Waals surface area contributed by atoms with Crippen molar-refractivity contribution in [2.75, 3.05) is 6.61 Å². The van der Waals surface area contributed by atoms with Crippen LogP contribution in [0.5, 0.6) is 11.6 Å². The number of ether oxygens (including phenoxy) is 1. The Labute approximate surface area is 160 Å². The first-order valence-electron chi connectivity index (χ1n) is 9.08. The smallest absolute Gasteiger partial charge is 0.439 e. The Morgan fingerprint density at radius 1 is 1.19 bits per heavy atom. The molecule has 7 heteroatoms. The third-order valence-corrected chi connectivity index (χ3v) is 4.34. The molecule has 0 aliphatic carbocycles. The van der Waals surface area contributed by atoms with E-state index in [1.54, 1.807) is 12.1 Å². The molecule has 0 saturated carbocycles. The summed E-state index contributed by atoms with van der Waals surface area (Å²) in [5.41, 5.74) is 1.19. The van der Waals surface area contributed by atoms with Gasteiger partial charge in [0.2, 0.25) is 5.88 Å². The van der Waals surface area contributed by atoms with Crippen molar-refractivity contribution in [3.8, 4) is 11.6 Å². The van der Waals surface area contributed by atoms with Crippen LogP contribution < -0.4 is 10.2 Å². The zero-order chi connectivity index (χ0) is 20.0. The van der Waals surface area contributed by atoms with E-state index in [0.29, 0.717) is 12.4 Å².